The highest BCUT2D eigenvalue weighted by molar-refractivity contribution is 6.17. The van der Waals surface area contributed by atoms with Crippen molar-refractivity contribution in [2.45, 2.75) is 200 Å². The summed E-state index contributed by atoms with van der Waals surface area (Å²) in [5.41, 5.74) is 0. The molecular weight excluding hydrogens is 846 g/mol. The fourth-order valence-electron chi connectivity index (χ4n) is 7.57. The molecule has 2 aromatic heterocycles. The Bertz CT molecular complexity index is 1330. The second-order valence-electron chi connectivity index (χ2n) is 17.5. The maximum atomic E-state index is 12.1. The van der Waals surface area contributed by atoms with Crippen molar-refractivity contribution in [1.29, 1.82) is 0 Å². The SMILES string of the molecule is C1CCOCC1.CCCCCCCCCCCCCCOc1ccc(C(=O)OCCCCl)o1.CCCCCCCCCCCCCCOc1ccc(C(=O)OCCCN2CCOCC2)o1. The van der Waals surface area contributed by atoms with Crippen LogP contribution in [0.5, 0.6) is 11.9 Å². The molecule has 0 unspecified atom stereocenters. The van der Waals surface area contributed by atoms with Crippen LogP contribution in [0.3, 0.4) is 0 Å². The highest BCUT2D eigenvalue weighted by Crippen LogP contribution is 2.20. The number of hydrogen-bond acceptors (Lipinski definition) is 11. The van der Waals surface area contributed by atoms with Gasteiger partial charge in [0.15, 0.2) is 0 Å². The molecular formula is C53H92ClNO10. The zero-order chi connectivity index (χ0) is 46.5. The van der Waals surface area contributed by atoms with Crippen LogP contribution in [0.25, 0.3) is 0 Å². The third-order valence-corrected chi connectivity index (χ3v) is 11.9. The first kappa shape index (κ1) is 58.4. The number of unbranched alkanes of at least 4 members (excludes halogenated alkanes) is 22. The summed E-state index contributed by atoms with van der Waals surface area (Å²) < 4.78 is 42.8. The number of halogens is 1. The fourth-order valence-corrected chi connectivity index (χ4v) is 7.68. The van der Waals surface area contributed by atoms with Crippen LogP contribution in [0.15, 0.2) is 33.1 Å². The number of morpholine rings is 1. The molecule has 12 heteroatoms. The Labute approximate surface area is 400 Å². The molecule has 0 spiro atoms. The Morgan fingerprint density at radius 2 is 0.862 bits per heavy atom. The maximum Gasteiger partial charge on any atom is 0.374 e. The van der Waals surface area contributed by atoms with E-state index in [1.165, 1.54) is 161 Å². The van der Waals surface area contributed by atoms with Gasteiger partial charge in [-0.25, -0.2) is 9.59 Å². The molecule has 0 bridgehead atoms. The number of carbonyl (C=O) groups is 2. The molecule has 0 aromatic carbocycles. The number of hydrogen-bond donors (Lipinski definition) is 0. The average Bonchev–Trinajstić information content (AvgIpc) is 4.03. The van der Waals surface area contributed by atoms with E-state index in [1.807, 2.05) is 0 Å². The molecule has 65 heavy (non-hydrogen) atoms. The molecule has 376 valence electrons. The van der Waals surface area contributed by atoms with Crippen molar-refractivity contribution >= 4 is 23.5 Å². The topological polar surface area (TPSA) is 119 Å². The molecule has 0 radical (unpaired) electrons. The van der Waals surface area contributed by atoms with Crippen molar-refractivity contribution in [2.24, 2.45) is 0 Å². The summed E-state index contributed by atoms with van der Waals surface area (Å²) in [4.78, 5) is 26.1. The smallest absolute Gasteiger partial charge is 0.374 e. The molecule has 0 amide bonds. The summed E-state index contributed by atoms with van der Waals surface area (Å²) in [6.07, 6.45) is 37.0. The largest absolute Gasteiger partial charge is 0.465 e. The Balaban J connectivity index is 0.000000399. The first-order valence-corrected chi connectivity index (χ1v) is 26.8. The van der Waals surface area contributed by atoms with Crippen LogP contribution in [0, 0.1) is 0 Å². The van der Waals surface area contributed by atoms with Crippen LogP contribution in [0.2, 0.25) is 0 Å². The fraction of sp³-hybridized carbons (Fsp3) is 0.811. The molecule has 2 fully saturated rings. The van der Waals surface area contributed by atoms with Gasteiger partial charge >= 0.3 is 11.9 Å². The minimum atomic E-state index is -0.472. The predicted molar refractivity (Wildman–Crippen MR) is 263 cm³/mol. The van der Waals surface area contributed by atoms with Gasteiger partial charge in [0.2, 0.25) is 11.5 Å². The van der Waals surface area contributed by atoms with E-state index in [4.69, 9.17) is 48.9 Å². The van der Waals surface area contributed by atoms with Crippen LogP contribution in [0.1, 0.15) is 221 Å². The Morgan fingerprint density at radius 1 is 0.477 bits per heavy atom. The van der Waals surface area contributed by atoms with E-state index < -0.39 is 11.9 Å². The number of nitrogens with zero attached hydrogens (tertiary/aromatic N) is 1. The summed E-state index contributed by atoms with van der Waals surface area (Å²) in [5.74, 6) is 0.734. The van der Waals surface area contributed by atoms with Gasteiger partial charge in [-0.3, -0.25) is 4.90 Å². The number of rotatable bonds is 37. The summed E-state index contributed by atoms with van der Waals surface area (Å²) in [6, 6.07) is 6.58. The van der Waals surface area contributed by atoms with Crippen molar-refractivity contribution in [3.05, 3.63) is 35.8 Å². The lowest BCUT2D eigenvalue weighted by molar-refractivity contribution is 0.0286. The maximum absolute atomic E-state index is 12.1. The van der Waals surface area contributed by atoms with Crippen molar-refractivity contribution in [2.75, 3.05) is 78.4 Å². The van der Waals surface area contributed by atoms with Gasteiger partial charge in [0.05, 0.1) is 39.6 Å². The van der Waals surface area contributed by atoms with E-state index in [0.29, 0.717) is 50.6 Å². The summed E-state index contributed by atoms with van der Waals surface area (Å²) in [7, 11) is 0. The Hall–Kier alpha value is -2.73. The van der Waals surface area contributed by atoms with Gasteiger partial charge in [-0.1, -0.05) is 155 Å². The summed E-state index contributed by atoms with van der Waals surface area (Å²) >= 11 is 5.55. The molecule has 0 N–H and O–H groups in total. The minimum Gasteiger partial charge on any atom is -0.465 e. The second kappa shape index (κ2) is 43.8. The van der Waals surface area contributed by atoms with Gasteiger partial charge < -0.3 is 37.3 Å². The van der Waals surface area contributed by atoms with Gasteiger partial charge in [-0.15, -0.1) is 11.6 Å². The van der Waals surface area contributed by atoms with E-state index in [-0.39, 0.29) is 11.5 Å². The summed E-state index contributed by atoms with van der Waals surface area (Å²) in [6.45, 7) is 12.9. The number of alkyl halides is 1. The standard InChI is InChI=1S/C26H45NO5.C22H37ClO4.C5H10O/c1-2-3-4-5-6-7-8-9-10-11-12-13-20-30-25-16-15-24(32-25)26(28)31-21-14-17-27-18-22-29-23-19-27;1-2-3-4-5-6-7-8-9-10-11-12-13-18-25-21-16-15-20(27-21)22(24)26-19-14-17-23;1-2-4-6-5-3-1/h15-16H,2-14,17-23H2,1H3;15-16H,2-14,17-19H2,1H3;1-5H2. The number of furan rings is 2. The summed E-state index contributed by atoms with van der Waals surface area (Å²) in [5, 5.41) is 0. The molecule has 2 aliphatic heterocycles. The van der Waals surface area contributed by atoms with Crippen molar-refractivity contribution in [3.63, 3.8) is 0 Å². The van der Waals surface area contributed by atoms with Crippen LogP contribution in [0.4, 0.5) is 0 Å². The van der Waals surface area contributed by atoms with Gasteiger partial charge in [-0.05, 0) is 57.1 Å². The minimum absolute atomic E-state index is 0.175. The second-order valence-corrected chi connectivity index (χ2v) is 17.9. The lowest BCUT2D eigenvalue weighted by Gasteiger charge is -2.26. The molecule has 0 aliphatic carbocycles. The molecule has 0 atom stereocenters. The Morgan fingerprint density at radius 3 is 1.23 bits per heavy atom. The first-order chi connectivity index (χ1) is 32.1. The molecule has 11 nitrogen and oxygen atoms in total. The normalized spacial score (nSPS) is 13.9. The van der Waals surface area contributed by atoms with Crippen LogP contribution in [-0.4, -0.2) is 95.2 Å². The average molecular weight is 939 g/mol. The molecule has 4 heterocycles. The molecule has 2 aromatic rings. The van der Waals surface area contributed by atoms with Gasteiger partial charge in [0.25, 0.3) is 11.9 Å². The van der Waals surface area contributed by atoms with Gasteiger partial charge in [0.1, 0.15) is 0 Å². The highest BCUT2D eigenvalue weighted by atomic mass is 35.5. The lowest BCUT2D eigenvalue weighted by Crippen LogP contribution is -2.37. The quantitative estimate of drug-likeness (QED) is 0.0366. The number of esters is 2. The van der Waals surface area contributed by atoms with E-state index >= 15 is 0 Å². The molecule has 0 saturated carbocycles. The third-order valence-electron chi connectivity index (χ3n) is 11.6. The van der Waals surface area contributed by atoms with Crippen LogP contribution in [-0.2, 0) is 18.9 Å². The zero-order valence-electron chi connectivity index (χ0n) is 41.2. The Kier molecular flexibility index (Phi) is 39.4. The monoisotopic (exact) mass is 938 g/mol. The van der Waals surface area contributed by atoms with E-state index in [2.05, 4.69) is 18.7 Å². The van der Waals surface area contributed by atoms with Gasteiger partial charge in [-0.2, -0.15) is 0 Å². The molecule has 2 aliphatic rings. The van der Waals surface area contributed by atoms with Gasteiger partial charge in [0, 0.05) is 50.9 Å². The predicted octanol–water partition coefficient (Wildman–Crippen LogP) is 14.6. The number of ether oxygens (including phenoxy) is 6. The zero-order valence-corrected chi connectivity index (χ0v) is 42.0. The van der Waals surface area contributed by atoms with Crippen molar-refractivity contribution < 1.29 is 46.8 Å². The van der Waals surface area contributed by atoms with Crippen molar-refractivity contribution in [1.82, 2.24) is 4.90 Å². The van der Waals surface area contributed by atoms with E-state index in [1.54, 1.807) is 24.3 Å². The van der Waals surface area contributed by atoms with Crippen LogP contribution >= 0.6 is 11.6 Å². The lowest BCUT2D eigenvalue weighted by atomic mass is 10.1. The molecule has 4 rings (SSSR count). The van der Waals surface area contributed by atoms with Crippen molar-refractivity contribution in [3.8, 4) is 11.9 Å². The van der Waals surface area contributed by atoms with Crippen LogP contribution < -0.4 is 9.47 Å². The molecule has 2 saturated heterocycles. The van der Waals surface area contributed by atoms with E-state index in [0.717, 1.165) is 65.3 Å². The first-order valence-electron chi connectivity index (χ1n) is 26.3. The third kappa shape index (κ3) is 34.3. The highest BCUT2D eigenvalue weighted by Gasteiger charge is 2.15. The van der Waals surface area contributed by atoms with E-state index in [9.17, 15) is 9.59 Å². The number of carbonyl (C=O) groups excluding carboxylic acids is 2.